The van der Waals surface area contributed by atoms with Crippen LogP contribution in [0.3, 0.4) is 0 Å². The number of hydrogen-bond donors (Lipinski definition) is 1. The van der Waals surface area contributed by atoms with Gasteiger partial charge in [0.25, 0.3) is 0 Å². The molecule has 0 fully saturated rings. The van der Waals surface area contributed by atoms with Crippen LogP contribution in [0.4, 0.5) is 0 Å². The van der Waals surface area contributed by atoms with Crippen molar-refractivity contribution in [1.82, 2.24) is 9.88 Å². The van der Waals surface area contributed by atoms with Gasteiger partial charge in [-0.15, -0.1) is 0 Å². The second kappa shape index (κ2) is 4.27. The molecule has 1 aromatic heterocycles. The van der Waals surface area contributed by atoms with Crippen molar-refractivity contribution < 1.29 is 4.79 Å². The lowest BCUT2D eigenvalue weighted by atomic mass is 10.1. The SMILES string of the molecule is O=CCn1c2c(c3cc(Br)ccc31)CNCC2. The molecule has 1 aliphatic heterocycles. The average molecular weight is 293 g/mol. The van der Waals surface area contributed by atoms with Gasteiger partial charge >= 0.3 is 0 Å². The fourth-order valence-electron chi connectivity index (χ4n) is 2.64. The third kappa shape index (κ3) is 1.72. The van der Waals surface area contributed by atoms with Crippen molar-refractivity contribution in [1.29, 1.82) is 0 Å². The van der Waals surface area contributed by atoms with Gasteiger partial charge in [0.1, 0.15) is 6.29 Å². The molecular formula is C13H13BrN2O. The zero-order chi connectivity index (χ0) is 11.8. The van der Waals surface area contributed by atoms with Crippen molar-refractivity contribution in [3.8, 4) is 0 Å². The normalized spacial score (nSPS) is 14.9. The number of halogens is 1. The van der Waals surface area contributed by atoms with E-state index in [4.69, 9.17) is 0 Å². The molecule has 2 aromatic rings. The Morgan fingerprint density at radius 3 is 3.18 bits per heavy atom. The molecule has 0 unspecified atom stereocenters. The molecule has 0 spiro atoms. The summed E-state index contributed by atoms with van der Waals surface area (Å²) in [6.07, 6.45) is 1.97. The van der Waals surface area contributed by atoms with E-state index in [2.05, 4.69) is 37.9 Å². The smallest absolute Gasteiger partial charge is 0.139 e. The van der Waals surface area contributed by atoms with E-state index in [9.17, 15) is 4.79 Å². The highest BCUT2D eigenvalue weighted by atomic mass is 79.9. The summed E-state index contributed by atoms with van der Waals surface area (Å²) < 4.78 is 3.23. The molecule has 0 bridgehead atoms. The maximum absolute atomic E-state index is 10.8. The quantitative estimate of drug-likeness (QED) is 0.862. The lowest BCUT2D eigenvalue weighted by Crippen LogP contribution is -2.24. The molecule has 3 rings (SSSR count). The van der Waals surface area contributed by atoms with Crippen LogP contribution in [0.2, 0.25) is 0 Å². The van der Waals surface area contributed by atoms with Gasteiger partial charge in [-0.05, 0) is 23.8 Å². The van der Waals surface area contributed by atoms with E-state index in [1.165, 1.54) is 16.6 Å². The van der Waals surface area contributed by atoms with E-state index in [0.717, 1.165) is 35.8 Å². The number of carbonyl (C=O) groups excluding carboxylic acids is 1. The molecule has 4 heteroatoms. The van der Waals surface area contributed by atoms with Crippen LogP contribution in [0, 0.1) is 0 Å². The number of hydrogen-bond acceptors (Lipinski definition) is 2. The molecule has 1 aliphatic rings. The number of benzene rings is 1. The Bertz CT molecular complexity index is 589. The van der Waals surface area contributed by atoms with Crippen molar-refractivity contribution in [3.63, 3.8) is 0 Å². The van der Waals surface area contributed by atoms with Crippen molar-refractivity contribution in [2.24, 2.45) is 0 Å². The molecule has 0 atom stereocenters. The predicted molar refractivity (Wildman–Crippen MR) is 71.1 cm³/mol. The minimum atomic E-state index is 0.452. The molecule has 0 aliphatic carbocycles. The largest absolute Gasteiger partial charge is 0.337 e. The fraction of sp³-hybridized carbons (Fsp3) is 0.308. The zero-order valence-corrected chi connectivity index (χ0v) is 11.0. The molecule has 1 aromatic carbocycles. The highest BCUT2D eigenvalue weighted by molar-refractivity contribution is 9.10. The van der Waals surface area contributed by atoms with Gasteiger partial charge in [0.2, 0.25) is 0 Å². The summed E-state index contributed by atoms with van der Waals surface area (Å²) in [5.41, 5.74) is 3.81. The molecule has 17 heavy (non-hydrogen) atoms. The molecule has 1 N–H and O–H groups in total. The van der Waals surface area contributed by atoms with Gasteiger partial charge in [-0.3, -0.25) is 0 Å². The monoisotopic (exact) mass is 292 g/mol. The molecule has 0 radical (unpaired) electrons. The Balaban J connectivity index is 2.33. The van der Waals surface area contributed by atoms with Gasteiger partial charge in [0, 0.05) is 40.6 Å². The third-order valence-corrected chi connectivity index (χ3v) is 3.84. The summed E-state index contributed by atoms with van der Waals surface area (Å²) in [5.74, 6) is 0. The van der Waals surface area contributed by atoms with Crippen LogP contribution < -0.4 is 5.32 Å². The second-order valence-corrected chi connectivity index (χ2v) is 5.21. The van der Waals surface area contributed by atoms with Crippen molar-refractivity contribution in [3.05, 3.63) is 33.9 Å². The van der Waals surface area contributed by atoms with Gasteiger partial charge in [0.05, 0.1) is 6.54 Å². The van der Waals surface area contributed by atoms with Crippen LogP contribution in [-0.2, 0) is 24.3 Å². The predicted octanol–water partition coefficient (Wildman–Crippen LogP) is 2.25. The number of nitrogens with zero attached hydrogens (tertiary/aromatic N) is 1. The summed E-state index contributed by atoms with van der Waals surface area (Å²) in [6.45, 7) is 2.34. The Labute approximate surface area is 108 Å². The highest BCUT2D eigenvalue weighted by Crippen LogP contribution is 2.30. The topological polar surface area (TPSA) is 34.0 Å². The summed E-state index contributed by atoms with van der Waals surface area (Å²) in [4.78, 5) is 10.8. The van der Waals surface area contributed by atoms with Crippen LogP contribution in [0.1, 0.15) is 11.3 Å². The number of nitrogens with one attached hydrogen (secondary N) is 1. The molecule has 0 saturated heterocycles. The number of fused-ring (bicyclic) bond motifs is 3. The standard InChI is InChI=1S/C13H13BrN2O/c14-9-1-2-12-10(7-9)11-8-15-4-3-13(11)16(12)5-6-17/h1-2,6-7,15H,3-5,8H2. The number of aldehydes is 1. The number of carbonyl (C=O) groups is 1. The Kier molecular flexibility index (Phi) is 2.76. The third-order valence-electron chi connectivity index (χ3n) is 3.35. The van der Waals surface area contributed by atoms with Crippen LogP contribution >= 0.6 is 15.9 Å². The zero-order valence-electron chi connectivity index (χ0n) is 9.37. The molecule has 3 nitrogen and oxygen atoms in total. The Morgan fingerprint density at radius 1 is 1.47 bits per heavy atom. The van der Waals surface area contributed by atoms with E-state index >= 15 is 0 Å². The average Bonchev–Trinajstić information content (AvgIpc) is 2.65. The lowest BCUT2D eigenvalue weighted by Gasteiger charge is -2.15. The maximum Gasteiger partial charge on any atom is 0.139 e. The van der Waals surface area contributed by atoms with E-state index in [-0.39, 0.29) is 0 Å². The van der Waals surface area contributed by atoms with Crippen LogP contribution in [0.15, 0.2) is 22.7 Å². The molecule has 88 valence electrons. The van der Waals surface area contributed by atoms with Crippen LogP contribution in [0.5, 0.6) is 0 Å². The van der Waals surface area contributed by atoms with Crippen LogP contribution in [-0.4, -0.2) is 17.4 Å². The first-order valence-corrected chi connectivity index (χ1v) is 6.54. The first-order valence-electron chi connectivity index (χ1n) is 5.75. The summed E-state index contributed by atoms with van der Waals surface area (Å²) in [5, 5.41) is 4.64. The van der Waals surface area contributed by atoms with Crippen molar-refractivity contribution in [2.75, 3.05) is 6.54 Å². The van der Waals surface area contributed by atoms with Gasteiger partial charge in [-0.1, -0.05) is 15.9 Å². The lowest BCUT2D eigenvalue weighted by molar-refractivity contribution is -0.108. The maximum atomic E-state index is 10.8. The minimum absolute atomic E-state index is 0.452. The number of rotatable bonds is 2. The van der Waals surface area contributed by atoms with Crippen LogP contribution in [0.25, 0.3) is 10.9 Å². The molecule has 2 heterocycles. The Morgan fingerprint density at radius 2 is 2.35 bits per heavy atom. The Hall–Kier alpha value is -1.13. The van der Waals surface area contributed by atoms with E-state index in [1.807, 2.05) is 6.07 Å². The second-order valence-electron chi connectivity index (χ2n) is 4.29. The van der Waals surface area contributed by atoms with Gasteiger partial charge < -0.3 is 14.7 Å². The highest BCUT2D eigenvalue weighted by Gasteiger charge is 2.19. The summed E-state index contributed by atoms with van der Waals surface area (Å²) >= 11 is 3.51. The first-order chi connectivity index (χ1) is 8.31. The summed E-state index contributed by atoms with van der Waals surface area (Å²) in [6, 6.07) is 6.26. The fourth-order valence-corrected chi connectivity index (χ4v) is 3.00. The minimum Gasteiger partial charge on any atom is -0.337 e. The first kappa shape index (κ1) is 11.0. The van der Waals surface area contributed by atoms with Crippen molar-refractivity contribution in [2.45, 2.75) is 19.5 Å². The molecule has 0 saturated carbocycles. The van der Waals surface area contributed by atoms with E-state index < -0.39 is 0 Å². The van der Waals surface area contributed by atoms with Gasteiger partial charge in [-0.2, -0.15) is 0 Å². The number of aromatic nitrogens is 1. The van der Waals surface area contributed by atoms with E-state index in [0.29, 0.717) is 6.54 Å². The van der Waals surface area contributed by atoms with Gasteiger partial charge in [0.15, 0.2) is 0 Å². The van der Waals surface area contributed by atoms with E-state index in [1.54, 1.807) is 0 Å². The van der Waals surface area contributed by atoms with Gasteiger partial charge in [-0.25, -0.2) is 0 Å². The van der Waals surface area contributed by atoms with Crippen molar-refractivity contribution >= 4 is 33.1 Å². The molecular weight excluding hydrogens is 280 g/mol. The molecule has 0 amide bonds. The summed E-state index contributed by atoms with van der Waals surface area (Å²) in [7, 11) is 0.